The minimum absolute atomic E-state index is 0.189. The molecule has 0 bridgehead atoms. The van der Waals surface area contributed by atoms with Crippen LogP contribution >= 0.6 is 0 Å². The number of nitrogens with zero attached hydrogens (tertiary/aromatic N) is 4. The molecule has 0 saturated carbocycles. The molecule has 1 amide bonds. The molecule has 2 fully saturated rings. The van der Waals surface area contributed by atoms with E-state index >= 15 is 0 Å². The van der Waals surface area contributed by atoms with Gasteiger partial charge in [-0.05, 0) is 44.5 Å². The van der Waals surface area contributed by atoms with E-state index in [1.165, 1.54) is 0 Å². The number of furan rings is 1. The Balaban J connectivity index is 1.37. The summed E-state index contributed by atoms with van der Waals surface area (Å²) < 4.78 is 5.31. The lowest BCUT2D eigenvalue weighted by molar-refractivity contribution is -0.154. The van der Waals surface area contributed by atoms with Gasteiger partial charge in [0.1, 0.15) is 0 Å². The molecule has 0 aliphatic carbocycles. The first-order valence-electron chi connectivity index (χ1n) is 9.06. The number of likely N-dealkylation sites (tertiary alicyclic amines) is 2. The summed E-state index contributed by atoms with van der Waals surface area (Å²) in [6.07, 6.45) is 7.03. The highest BCUT2D eigenvalue weighted by atomic mass is 16.3. The van der Waals surface area contributed by atoms with E-state index in [-0.39, 0.29) is 11.3 Å². The zero-order chi connectivity index (χ0) is 18.1. The van der Waals surface area contributed by atoms with Gasteiger partial charge in [0.15, 0.2) is 11.6 Å². The second kappa shape index (κ2) is 6.81. The van der Waals surface area contributed by atoms with Crippen molar-refractivity contribution in [2.45, 2.75) is 31.9 Å². The number of rotatable bonds is 3. The fourth-order valence-corrected chi connectivity index (χ4v) is 4.19. The standard InChI is InChI=1S/C19H24N4O3/c1-22-13-15(24)9-19(18(22)25)4-6-23(7-5-19)12-14-10-20-17(21-11-14)16-3-2-8-26-16/h2-3,8,10-11,15,24H,4-7,9,12-13H2,1H3. The van der Waals surface area contributed by atoms with Crippen molar-refractivity contribution in [2.75, 3.05) is 26.7 Å². The molecule has 26 heavy (non-hydrogen) atoms. The van der Waals surface area contributed by atoms with Crippen LogP contribution in [0.1, 0.15) is 24.8 Å². The third-order valence-corrected chi connectivity index (χ3v) is 5.58. The summed E-state index contributed by atoms with van der Waals surface area (Å²) in [6, 6.07) is 3.66. The molecule has 1 spiro atoms. The lowest BCUT2D eigenvalue weighted by atomic mass is 9.71. The normalized spacial score (nSPS) is 23.5. The van der Waals surface area contributed by atoms with Crippen molar-refractivity contribution in [1.82, 2.24) is 19.8 Å². The Morgan fingerprint density at radius 1 is 1.31 bits per heavy atom. The Kier molecular flexibility index (Phi) is 4.50. The van der Waals surface area contributed by atoms with Crippen LogP contribution < -0.4 is 0 Å². The number of aliphatic hydroxyl groups is 1. The van der Waals surface area contributed by atoms with Crippen molar-refractivity contribution < 1.29 is 14.3 Å². The predicted molar refractivity (Wildman–Crippen MR) is 94.9 cm³/mol. The average molecular weight is 356 g/mol. The molecule has 2 aliphatic rings. The number of hydrogen-bond acceptors (Lipinski definition) is 6. The molecule has 4 heterocycles. The van der Waals surface area contributed by atoms with Gasteiger partial charge in [0, 0.05) is 38.1 Å². The maximum absolute atomic E-state index is 12.6. The van der Waals surface area contributed by atoms with E-state index in [1.54, 1.807) is 18.2 Å². The van der Waals surface area contributed by atoms with Gasteiger partial charge in [-0.15, -0.1) is 0 Å². The molecule has 1 atom stereocenters. The minimum atomic E-state index is -0.410. The molecule has 2 aliphatic heterocycles. The number of β-amino-alcohol motifs (C(OH)–C–C–N with tert-alkyl or cyclic N) is 1. The van der Waals surface area contributed by atoms with Gasteiger partial charge in [-0.25, -0.2) is 9.97 Å². The van der Waals surface area contributed by atoms with Gasteiger partial charge in [0.05, 0.1) is 17.8 Å². The number of likely N-dealkylation sites (N-methyl/N-ethyl adjacent to an activating group) is 1. The molecule has 4 rings (SSSR count). The molecule has 1 unspecified atom stereocenters. The average Bonchev–Trinajstić information content (AvgIpc) is 3.17. The van der Waals surface area contributed by atoms with Crippen LogP contribution in [-0.2, 0) is 11.3 Å². The van der Waals surface area contributed by atoms with Gasteiger partial charge < -0.3 is 14.4 Å². The summed E-state index contributed by atoms with van der Waals surface area (Å²) in [5.74, 6) is 1.43. The van der Waals surface area contributed by atoms with Crippen LogP contribution in [0.15, 0.2) is 35.2 Å². The Morgan fingerprint density at radius 3 is 2.69 bits per heavy atom. The number of carbonyl (C=O) groups is 1. The number of aliphatic hydroxyl groups excluding tert-OH is 1. The molecule has 0 radical (unpaired) electrons. The number of amides is 1. The topological polar surface area (TPSA) is 82.7 Å². The van der Waals surface area contributed by atoms with Crippen molar-refractivity contribution in [2.24, 2.45) is 5.41 Å². The number of piperidine rings is 2. The Bertz CT molecular complexity index is 752. The lowest BCUT2D eigenvalue weighted by Gasteiger charge is -2.47. The molecule has 2 saturated heterocycles. The third kappa shape index (κ3) is 3.24. The van der Waals surface area contributed by atoms with Crippen LogP contribution in [0, 0.1) is 5.41 Å². The molecule has 2 aromatic rings. The van der Waals surface area contributed by atoms with Crippen LogP contribution in [0.3, 0.4) is 0 Å². The smallest absolute Gasteiger partial charge is 0.228 e. The molecule has 2 aromatic heterocycles. The van der Waals surface area contributed by atoms with Crippen molar-refractivity contribution in [3.8, 4) is 11.6 Å². The molecule has 7 heteroatoms. The van der Waals surface area contributed by atoms with Crippen molar-refractivity contribution in [3.63, 3.8) is 0 Å². The van der Waals surface area contributed by atoms with Crippen LogP contribution in [0.5, 0.6) is 0 Å². The number of hydrogen-bond donors (Lipinski definition) is 1. The summed E-state index contributed by atoms with van der Waals surface area (Å²) in [5, 5.41) is 10.1. The lowest BCUT2D eigenvalue weighted by Crippen LogP contribution is -2.56. The summed E-state index contributed by atoms with van der Waals surface area (Å²) in [7, 11) is 1.79. The van der Waals surface area contributed by atoms with E-state index in [4.69, 9.17) is 4.42 Å². The van der Waals surface area contributed by atoms with Gasteiger partial charge in [0.2, 0.25) is 5.91 Å². The van der Waals surface area contributed by atoms with Gasteiger partial charge >= 0.3 is 0 Å². The highest BCUT2D eigenvalue weighted by Gasteiger charge is 2.47. The molecule has 7 nitrogen and oxygen atoms in total. The van der Waals surface area contributed by atoms with Crippen molar-refractivity contribution in [3.05, 3.63) is 36.4 Å². The second-order valence-electron chi connectivity index (χ2n) is 7.49. The summed E-state index contributed by atoms with van der Waals surface area (Å²) in [6.45, 7) is 2.89. The van der Waals surface area contributed by atoms with E-state index in [0.29, 0.717) is 24.6 Å². The van der Waals surface area contributed by atoms with E-state index in [0.717, 1.165) is 38.0 Å². The minimum Gasteiger partial charge on any atom is -0.461 e. The van der Waals surface area contributed by atoms with E-state index in [2.05, 4.69) is 14.9 Å². The fourth-order valence-electron chi connectivity index (χ4n) is 4.19. The van der Waals surface area contributed by atoms with Crippen LogP contribution in [0.25, 0.3) is 11.6 Å². The van der Waals surface area contributed by atoms with Gasteiger partial charge in [-0.1, -0.05) is 0 Å². The van der Waals surface area contributed by atoms with Gasteiger partial charge in [-0.2, -0.15) is 0 Å². The number of aromatic nitrogens is 2. The molecular formula is C19H24N4O3. The molecule has 1 N–H and O–H groups in total. The molecule has 0 aromatic carbocycles. The quantitative estimate of drug-likeness (QED) is 0.898. The highest BCUT2D eigenvalue weighted by Crippen LogP contribution is 2.40. The molecule has 138 valence electrons. The van der Waals surface area contributed by atoms with Gasteiger partial charge in [0.25, 0.3) is 0 Å². The Morgan fingerprint density at radius 2 is 2.04 bits per heavy atom. The zero-order valence-electron chi connectivity index (χ0n) is 15.0. The first kappa shape index (κ1) is 17.2. The van der Waals surface area contributed by atoms with E-state index in [1.807, 2.05) is 24.5 Å². The van der Waals surface area contributed by atoms with Crippen LogP contribution in [0.2, 0.25) is 0 Å². The maximum Gasteiger partial charge on any atom is 0.228 e. The van der Waals surface area contributed by atoms with Crippen LogP contribution in [0.4, 0.5) is 0 Å². The number of carbonyl (C=O) groups excluding carboxylic acids is 1. The van der Waals surface area contributed by atoms with Gasteiger partial charge in [-0.3, -0.25) is 9.69 Å². The van der Waals surface area contributed by atoms with Crippen LogP contribution in [-0.4, -0.2) is 63.6 Å². The largest absolute Gasteiger partial charge is 0.461 e. The van der Waals surface area contributed by atoms with E-state index < -0.39 is 6.10 Å². The summed E-state index contributed by atoms with van der Waals surface area (Å²) in [5.41, 5.74) is 0.658. The summed E-state index contributed by atoms with van der Waals surface area (Å²) in [4.78, 5) is 25.4. The first-order chi connectivity index (χ1) is 12.6. The zero-order valence-corrected chi connectivity index (χ0v) is 15.0. The van der Waals surface area contributed by atoms with Crippen molar-refractivity contribution >= 4 is 5.91 Å². The maximum atomic E-state index is 12.6. The second-order valence-corrected chi connectivity index (χ2v) is 7.49. The Hall–Kier alpha value is -2.25. The van der Waals surface area contributed by atoms with Crippen molar-refractivity contribution in [1.29, 1.82) is 0 Å². The third-order valence-electron chi connectivity index (χ3n) is 5.58. The Labute approximate surface area is 152 Å². The summed E-state index contributed by atoms with van der Waals surface area (Å²) >= 11 is 0. The first-order valence-corrected chi connectivity index (χ1v) is 9.06. The monoisotopic (exact) mass is 356 g/mol. The van der Waals surface area contributed by atoms with E-state index in [9.17, 15) is 9.90 Å². The predicted octanol–water partition coefficient (Wildman–Crippen LogP) is 1.54. The molecular weight excluding hydrogens is 332 g/mol. The fraction of sp³-hybridized carbons (Fsp3) is 0.526. The SMILES string of the molecule is CN1CC(O)CC2(CCN(Cc3cnc(-c4ccco4)nc3)CC2)C1=O. The highest BCUT2D eigenvalue weighted by molar-refractivity contribution is 5.83.